The van der Waals surface area contributed by atoms with E-state index in [-0.39, 0.29) is 0 Å². The van der Waals surface area contributed by atoms with Gasteiger partial charge in [-0.2, -0.15) is 11.8 Å². The summed E-state index contributed by atoms with van der Waals surface area (Å²) in [5, 5.41) is 1.08. The molecule has 1 aliphatic heterocycles. The molecule has 19 heavy (non-hydrogen) atoms. The summed E-state index contributed by atoms with van der Waals surface area (Å²) in [6.45, 7) is 6.32. The van der Waals surface area contributed by atoms with E-state index in [1.165, 1.54) is 6.20 Å². The Bertz CT molecular complexity index is 481. The lowest BCUT2D eigenvalue weighted by Crippen LogP contribution is -2.40. The van der Waals surface area contributed by atoms with Crippen LogP contribution in [0.15, 0.2) is 12.3 Å². The highest BCUT2D eigenvalue weighted by Gasteiger charge is 2.25. The van der Waals surface area contributed by atoms with Crippen molar-refractivity contribution in [1.29, 1.82) is 0 Å². The Hall–Kier alpha value is -0.940. The summed E-state index contributed by atoms with van der Waals surface area (Å²) >= 11 is 8.21. The van der Waals surface area contributed by atoms with Gasteiger partial charge in [0.25, 0.3) is 0 Å². The Labute approximate surface area is 122 Å². The van der Waals surface area contributed by atoms with Gasteiger partial charge in [0.15, 0.2) is 0 Å². The van der Waals surface area contributed by atoms with E-state index in [1.54, 1.807) is 6.07 Å². The SMILES string of the molecule is CC(C)C1CN(c2ncc(C(N)=O)cc2Cl)CCS1. The van der Waals surface area contributed by atoms with Gasteiger partial charge in [0.2, 0.25) is 5.91 Å². The van der Waals surface area contributed by atoms with Gasteiger partial charge in [-0.15, -0.1) is 0 Å². The number of halogens is 1. The normalized spacial score (nSPS) is 19.8. The highest BCUT2D eigenvalue weighted by Crippen LogP contribution is 2.31. The van der Waals surface area contributed by atoms with Crippen LogP contribution in [0.4, 0.5) is 5.82 Å². The molecule has 4 nitrogen and oxygen atoms in total. The number of hydrogen-bond donors (Lipinski definition) is 1. The van der Waals surface area contributed by atoms with Crippen LogP contribution < -0.4 is 10.6 Å². The standard InChI is InChI=1S/C13H18ClN3OS/c1-8(2)11-7-17(3-4-19-11)13-10(14)5-9(6-16-13)12(15)18/h5-6,8,11H,3-4,7H2,1-2H3,(H2,15,18). The van der Waals surface area contributed by atoms with Crippen LogP contribution in [0.5, 0.6) is 0 Å². The summed E-state index contributed by atoms with van der Waals surface area (Å²) in [7, 11) is 0. The highest BCUT2D eigenvalue weighted by molar-refractivity contribution is 8.00. The van der Waals surface area contributed by atoms with E-state index in [0.717, 1.165) is 24.7 Å². The fraction of sp³-hybridized carbons (Fsp3) is 0.538. The first-order chi connectivity index (χ1) is 8.99. The molecule has 1 unspecified atom stereocenters. The molecule has 0 radical (unpaired) electrons. The Morgan fingerprint density at radius 1 is 1.63 bits per heavy atom. The van der Waals surface area contributed by atoms with E-state index >= 15 is 0 Å². The van der Waals surface area contributed by atoms with Gasteiger partial charge in [0.1, 0.15) is 5.82 Å². The number of rotatable bonds is 3. The Morgan fingerprint density at radius 2 is 2.37 bits per heavy atom. The van der Waals surface area contributed by atoms with E-state index < -0.39 is 5.91 Å². The van der Waals surface area contributed by atoms with E-state index in [4.69, 9.17) is 17.3 Å². The summed E-state index contributed by atoms with van der Waals surface area (Å²) in [4.78, 5) is 17.6. The van der Waals surface area contributed by atoms with Gasteiger partial charge in [-0.05, 0) is 12.0 Å². The summed E-state index contributed by atoms with van der Waals surface area (Å²) in [6.07, 6.45) is 1.50. The summed E-state index contributed by atoms with van der Waals surface area (Å²) in [5.74, 6) is 1.93. The zero-order valence-corrected chi connectivity index (χ0v) is 12.7. The van der Waals surface area contributed by atoms with Crippen molar-refractivity contribution >= 4 is 35.1 Å². The van der Waals surface area contributed by atoms with Crippen molar-refractivity contribution in [3.05, 3.63) is 22.8 Å². The average molecular weight is 300 g/mol. The Balaban J connectivity index is 2.19. The smallest absolute Gasteiger partial charge is 0.250 e. The first-order valence-corrected chi connectivity index (χ1v) is 7.73. The molecule has 104 valence electrons. The fourth-order valence-electron chi connectivity index (χ4n) is 2.07. The number of anilines is 1. The van der Waals surface area contributed by atoms with Gasteiger partial charge >= 0.3 is 0 Å². The fourth-order valence-corrected chi connectivity index (χ4v) is 3.65. The molecule has 1 saturated heterocycles. The number of thioether (sulfide) groups is 1. The van der Waals surface area contributed by atoms with Crippen molar-refractivity contribution in [2.45, 2.75) is 19.1 Å². The molecular formula is C13H18ClN3OS. The molecular weight excluding hydrogens is 282 g/mol. The van der Waals surface area contributed by atoms with E-state index in [9.17, 15) is 4.79 Å². The molecule has 0 saturated carbocycles. The lowest BCUT2D eigenvalue weighted by molar-refractivity contribution is 0.1000. The second kappa shape index (κ2) is 6.01. The van der Waals surface area contributed by atoms with Crippen LogP contribution in [-0.2, 0) is 0 Å². The van der Waals surface area contributed by atoms with Crippen LogP contribution in [0.25, 0.3) is 0 Å². The molecule has 0 aromatic carbocycles. The minimum atomic E-state index is -0.504. The third-order valence-corrected chi connectivity index (χ3v) is 5.06. The first kappa shape index (κ1) is 14.5. The number of carbonyl (C=O) groups excluding carboxylic acids is 1. The number of amides is 1. The van der Waals surface area contributed by atoms with Crippen molar-refractivity contribution in [2.75, 3.05) is 23.7 Å². The molecule has 1 aliphatic rings. The predicted octanol–water partition coefficient (Wildman–Crippen LogP) is 2.41. The van der Waals surface area contributed by atoms with Gasteiger partial charge in [0, 0.05) is 30.3 Å². The quantitative estimate of drug-likeness (QED) is 0.931. The van der Waals surface area contributed by atoms with E-state index in [1.807, 2.05) is 11.8 Å². The van der Waals surface area contributed by atoms with Crippen LogP contribution >= 0.6 is 23.4 Å². The maximum absolute atomic E-state index is 11.1. The molecule has 6 heteroatoms. The average Bonchev–Trinajstić information content (AvgIpc) is 2.38. The summed E-state index contributed by atoms with van der Waals surface area (Å²) in [6, 6.07) is 1.60. The van der Waals surface area contributed by atoms with Crippen molar-refractivity contribution in [1.82, 2.24) is 4.98 Å². The molecule has 1 amide bonds. The van der Waals surface area contributed by atoms with Gasteiger partial charge in [-0.1, -0.05) is 25.4 Å². The van der Waals surface area contributed by atoms with Crippen LogP contribution in [0.2, 0.25) is 5.02 Å². The van der Waals surface area contributed by atoms with E-state index in [0.29, 0.717) is 21.8 Å². The molecule has 0 spiro atoms. The number of pyridine rings is 1. The number of nitrogens with zero attached hydrogens (tertiary/aromatic N) is 2. The molecule has 0 aliphatic carbocycles. The molecule has 2 N–H and O–H groups in total. The maximum Gasteiger partial charge on any atom is 0.250 e. The summed E-state index contributed by atoms with van der Waals surface area (Å²) < 4.78 is 0. The molecule has 2 rings (SSSR count). The van der Waals surface area contributed by atoms with Crippen molar-refractivity contribution in [3.8, 4) is 0 Å². The third kappa shape index (κ3) is 3.34. The number of hydrogen-bond acceptors (Lipinski definition) is 4. The minimum Gasteiger partial charge on any atom is -0.366 e. The van der Waals surface area contributed by atoms with Crippen molar-refractivity contribution in [3.63, 3.8) is 0 Å². The lowest BCUT2D eigenvalue weighted by Gasteiger charge is -2.35. The maximum atomic E-state index is 11.1. The van der Waals surface area contributed by atoms with Crippen molar-refractivity contribution < 1.29 is 4.79 Å². The lowest BCUT2D eigenvalue weighted by atomic mass is 10.1. The van der Waals surface area contributed by atoms with E-state index in [2.05, 4.69) is 23.7 Å². The van der Waals surface area contributed by atoms with Crippen LogP contribution in [0.3, 0.4) is 0 Å². The second-order valence-electron chi connectivity index (χ2n) is 4.99. The molecule has 0 bridgehead atoms. The van der Waals surface area contributed by atoms with Gasteiger partial charge in [-0.25, -0.2) is 4.98 Å². The number of aromatic nitrogens is 1. The molecule has 1 aromatic heterocycles. The van der Waals surface area contributed by atoms with Crippen LogP contribution in [0.1, 0.15) is 24.2 Å². The number of primary amides is 1. The Morgan fingerprint density at radius 3 is 2.95 bits per heavy atom. The molecule has 2 heterocycles. The van der Waals surface area contributed by atoms with Gasteiger partial charge in [0.05, 0.1) is 10.6 Å². The largest absolute Gasteiger partial charge is 0.366 e. The second-order valence-corrected chi connectivity index (χ2v) is 6.75. The zero-order valence-electron chi connectivity index (χ0n) is 11.1. The third-order valence-electron chi connectivity index (χ3n) is 3.24. The summed E-state index contributed by atoms with van der Waals surface area (Å²) in [5.41, 5.74) is 5.57. The molecule has 1 atom stereocenters. The van der Waals surface area contributed by atoms with Crippen LogP contribution in [0, 0.1) is 5.92 Å². The van der Waals surface area contributed by atoms with Gasteiger partial charge in [-0.3, -0.25) is 4.79 Å². The number of carbonyl (C=O) groups is 1. The topological polar surface area (TPSA) is 59.2 Å². The Kier molecular flexibility index (Phi) is 4.58. The highest BCUT2D eigenvalue weighted by atomic mass is 35.5. The molecule has 1 aromatic rings. The molecule has 1 fully saturated rings. The van der Waals surface area contributed by atoms with Crippen molar-refractivity contribution in [2.24, 2.45) is 11.7 Å². The monoisotopic (exact) mass is 299 g/mol. The van der Waals surface area contributed by atoms with Crippen LogP contribution in [-0.4, -0.2) is 35.0 Å². The predicted molar refractivity (Wildman–Crippen MR) is 81.1 cm³/mol. The first-order valence-electron chi connectivity index (χ1n) is 6.31. The minimum absolute atomic E-state index is 0.348. The number of nitrogens with two attached hydrogens (primary N) is 1. The zero-order chi connectivity index (χ0) is 14.0. The van der Waals surface area contributed by atoms with Gasteiger partial charge < -0.3 is 10.6 Å².